The zero-order valence-electron chi connectivity index (χ0n) is 19.0. The van der Waals surface area contributed by atoms with Gasteiger partial charge in [0, 0.05) is 22.3 Å². The van der Waals surface area contributed by atoms with Gasteiger partial charge in [-0.05, 0) is 46.2 Å². The van der Waals surface area contributed by atoms with Crippen LogP contribution < -0.4 is 9.47 Å². The normalized spacial score (nSPS) is 11.2. The summed E-state index contributed by atoms with van der Waals surface area (Å²) in [7, 11) is 3.18. The lowest BCUT2D eigenvalue weighted by molar-refractivity contribution is 0.111. The van der Waals surface area contributed by atoms with Crippen molar-refractivity contribution in [3.63, 3.8) is 0 Å². The minimum Gasteiger partial charge on any atom is -0.496 e. The minimum absolute atomic E-state index is 0.567. The van der Waals surface area contributed by atoms with Gasteiger partial charge < -0.3 is 9.47 Å². The Hall–Kier alpha value is -4.44. The van der Waals surface area contributed by atoms with Crippen molar-refractivity contribution in [3.8, 4) is 11.5 Å². The highest BCUT2D eigenvalue weighted by Gasteiger charge is 2.06. The van der Waals surface area contributed by atoms with Gasteiger partial charge in [0.1, 0.15) is 24.1 Å². The Labute approximate surface area is 198 Å². The van der Waals surface area contributed by atoms with E-state index in [0.717, 1.165) is 45.6 Å². The maximum atomic E-state index is 11.1. The Kier molecular flexibility index (Phi) is 6.99. The first-order valence-corrected chi connectivity index (χ1v) is 10.8. The van der Waals surface area contributed by atoms with Gasteiger partial charge in [0.05, 0.1) is 14.2 Å². The maximum absolute atomic E-state index is 11.1. The number of aldehydes is 2. The molecule has 0 spiro atoms. The zero-order valence-corrected chi connectivity index (χ0v) is 19.0. The number of hydrogen-bond acceptors (Lipinski definition) is 4. The van der Waals surface area contributed by atoms with E-state index in [1.54, 1.807) is 38.5 Å². The Balaban J connectivity index is 1.77. The number of carbonyl (C=O) groups is 2. The van der Waals surface area contributed by atoms with Crippen LogP contribution in [0.2, 0.25) is 0 Å². The molecule has 0 saturated heterocycles. The molecule has 34 heavy (non-hydrogen) atoms. The molecule has 4 rings (SSSR count). The number of hydrogen-bond donors (Lipinski definition) is 0. The molecule has 4 aromatic carbocycles. The lowest BCUT2D eigenvalue weighted by Gasteiger charge is -2.09. The second kappa shape index (κ2) is 10.5. The fourth-order valence-electron chi connectivity index (χ4n) is 3.80. The fourth-order valence-corrected chi connectivity index (χ4v) is 3.80. The Morgan fingerprint density at radius 1 is 0.529 bits per heavy atom. The largest absolute Gasteiger partial charge is 0.496 e. The average molecular weight is 449 g/mol. The van der Waals surface area contributed by atoms with E-state index < -0.39 is 0 Å². The molecule has 0 aliphatic heterocycles. The second-order valence-corrected chi connectivity index (χ2v) is 7.73. The predicted octanol–water partition coefficient (Wildman–Crippen LogP) is 6.82. The van der Waals surface area contributed by atoms with Crippen LogP contribution in [0.4, 0.5) is 0 Å². The second-order valence-electron chi connectivity index (χ2n) is 7.73. The summed E-state index contributed by atoms with van der Waals surface area (Å²) >= 11 is 0. The molecule has 0 N–H and O–H groups in total. The van der Waals surface area contributed by atoms with Gasteiger partial charge >= 0.3 is 0 Å². The predicted molar refractivity (Wildman–Crippen MR) is 139 cm³/mol. The third-order valence-electron chi connectivity index (χ3n) is 5.62. The van der Waals surface area contributed by atoms with Gasteiger partial charge in [0.25, 0.3) is 0 Å². The van der Waals surface area contributed by atoms with Crippen molar-refractivity contribution in [3.05, 3.63) is 106 Å². The topological polar surface area (TPSA) is 52.6 Å². The molecule has 0 radical (unpaired) electrons. The summed E-state index contributed by atoms with van der Waals surface area (Å²) in [6.07, 6.45) is 9.65. The highest BCUT2D eigenvalue weighted by Crippen LogP contribution is 2.28. The summed E-state index contributed by atoms with van der Waals surface area (Å²) in [6.45, 7) is 0. The highest BCUT2D eigenvalue weighted by atomic mass is 16.5. The highest BCUT2D eigenvalue weighted by molar-refractivity contribution is 5.92. The lowest BCUT2D eigenvalue weighted by atomic mass is 9.98. The van der Waals surface area contributed by atoms with Gasteiger partial charge in [-0.3, -0.25) is 9.59 Å². The molecule has 168 valence electrons. The summed E-state index contributed by atoms with van der Waals surface area (Å²) < 4.78 is 10.9. The Bertz CT molecular complexity index is 1310. The molecule has 0 heterocycles. The molecule has 0 bridgehead atoms. The van der Waals surface area contributed by atoms with Gasteiger partial charge in [-0.15, -0.1) is 0 Å². The number of carbonyl (C=O) groups excluding carboxylic acids is 2. The summed E-state index contributed by atoms with van der Waals surface area (Å²) in [5.41, 5.74) is 4.94. The first-order chi connectivity index (χ1) is 16.6. The van der Waals surface area contributed by atoms with E-state index in [0.29, 0.717) is 22.6 Å². The van der Waals surface area contributed by atoms with Crippen LogP contribution in [0.5, 0.6) is 11.5 Å². The van der Waals surface area contributed by atoms with Crippen LogP contribution in [-0.2, 0) is 0 Å². The summed E-state index contributed by atoms with van der Waals surface area (Å²) in [5, 5.41) is 2.27. The van der Waals surface area contributed by atoms with Gasteiger partial charge in [0.15, 0.2) is 0 Å². The van der Waals surface area contributed by atoms with Crippen LogP contribution in [0.1, 0.15) is 43.0 Å². The van der Waals surface area contributed by atoms with Crippen molar-refractivity contribution in [1.29, 1.82) is 0 Å². The van der Waals surface area contributed by atoms with E-state index >= 15 is 0 Å². The van der Waals surface area contributed by atoms with Gasteiger partial charge in [0.2, 0.25) is 0 Å². The third kappa shape index (κ3) is 4.97. The van der Waals surface area contributed by atoms with Crippen LogP contribution in [0.15, 0.2) is 72.8 Å². The quantitative estimate of drug-likeness (QED) is 0.219. The van der Waals surface area contributed by atoms with Crippen molar-refractivity contribution in [2.24, 2.45) is 0 Å². The molecule has 0 unspecified atom stereocenters. The van der Waals surface area contributed by atoms with Crippen molar-refractivity contribution >= 4 is 47.6 Å². The summed E-state index contributed by atoms with van der Waals surface area (Å²) in [5.74, 6) is 1.28. The molecule has 0 aliphatic rings. The van der Waals surface area contributed by atoms with Crippen molar-refractivity contribution < 1.29 is 19.1 Å². The molecule has 4 nitrogen and oxygen atoms in total. The summed E-state index contributed by atoms with van der Waals surface area (Å²) in [6, 6.07) is 23.2. The number of benzene rings is 4. The summed E-state index contributed by atoms with van der Waals surface area (Å²) in [4.78, 5) is 22.2. The molecule has 0 aromatic heterocycles. The van der Waals surface area contributed by atoms with Gasteiger partial charge in [-0.1, -0.05) is 72.8 Å². The number of methoxy groups -OCH3 is 2. The Morgan fingerprint density at radius 3 is 1.32 bits per heavy atom. The van der Waals surface area contributed by atoms with Gasteiger partial charge in [-0.25, -0.2) is 0 Å². The molecular formula is C30H24O4. The first-order valence-electron chi connectivity index (χ1n) is 10.8. The molecule has 4 heteroatoms. The van der Waals surface area contributed by atoms with E-state index in [-0.39, 0.29) is 0 Å². The molecule has 0 aliphatic carbocycles. The number of rotatable bonds is 8. The lowest BCUT2D eigenvalue weighted by Crippen LogP contribution is -1.90. The van der Waals surface area contributed by atoms with Crippen LogP contribution >= 0.6 is 0 Å². The monoisotopic (exact) mass is 448 g/mol. The van der Waals surface area contributed by atoms with Gasteiger partial charge in [-0.2, -0.15) is 0 Å². The molecule has 0 amide bonds. The van der Waals surface area contributed by atoms with E-state index in [2.05, 4.69) is 24.3 Å². The number of fused-ring (bicyclic) bond motifs is 1. The maximum Gasteiger partial charge on any atom is 0.150 e. The first kappa shape index (κ1) is 22.7. The zero-order chi connectivity index (χ0) is 23.9. The third-order valence-corrected chi connectivity index (χ3v) is 5.62. The number of ether oxygens (including phenoxy) is 2. The average Bonchev–Trinajstić information content (AvgIpc) is 2.90. The van der Waals surface area contributed by atoms with Crippen LogP contribution in [0.25, 0.3) is 35.1 Å². The van der Waals surface area contributed by atoms with E-state index in [9.17, 15) is 9.59 Å². The Morgan fingerprint density at radius 2 is 0.941 bits per heavy atom. The molecule has 0 saturated carbocycles. The molecular weight excluding hydrogens is 424 g/mol. The smallest absolute Gasteiger partial charge is 0.150 e. The molecule has 4 aromatic rings. The fraction of sp³-hybridized carbons (Fsp3) is 0.0667. The van der Waals surface area contributed by atoms with Crippen LogP contribution in [0, 0.1) is 0 Å². The van der Waals surface area contributed by atoms with Crippen LogP contribution in [0.3, 0.4) is 0 Å². The SMILES string of the molecule is COc1cc(C=O)ccc1/C=C\c1cc2ccccc2cc1/C=C\c1ccc(C=O)cc1OC. The van der Waals surface area contributed by atoms with E-state index in [1.165, 1.54) is 0 Å². The molecule has 0 fully saturated rings. The standard InChI is InChI=1S/C30H24O4/c1-33-29-15-21(19-31)7-9-23(29)11-13-27-17-25-5-3-4-6-26(25)18-28(27)14-12-24-10-8-22(20-32)16-30(24)34-2/h3-20H,1-2H3/b13-11-,14-12-. The van der Waals surface area contributed by atoms with E-state index in [4.69, 9.17) is 9.47 Å². The minimum atomic E-state index is 0.567. The van der Waals surface area contributed by atoms with Crippen LogP contribution in [-0.4, -0.2) is 26.8 Å². The van der Waals surface area contributed by atoms with Crippen molar-refractivity contribution in [1.82, 2.24) is 0 Å². The molecule has 0 atom stereocenters. The van der Waals surface area contributed by atoms with E-state index in [1.807, 2.05) is 48.6 Å². The van der Waals surface area contributed by atoms with Crippen molar-refractivity contribution in [2.45, 2.75) is 0 Å². The van der Waals surface area contributed by atoms with Crippen molar-refractivity contribution in [2.75, 3.05) is 14.2 Å².